The number of hydrogen-bond donors (Lipinski definition) is 1. The fourth-order valence-corrected chi connectivity index (χ4v) is 3.50. The van der Waals surface area contributed by atoms with Gasteiger partial charge in [-0.3, -0.25) is 0 Å². The van der Waals surface area contributed by atoms with E-state index in [9.17, 15) is 0 Å². The Labute approximate surface area is 122 Å². The van der Waals surface area contributed by atoms with Crippen molar-refractivity contribution in [2.75, 3.05) is 0 Å². The number of nitrogens with two attached hydrogens (primary N) is 1. The van der Waals surface area contributed by atoms with Gasteiger partial charge >= 0.3 is 0 Å². The molecular formula is C17H26ClN. The molecule has 0 heterocycles. The minimum Gasteiger partial charge on any atom is -0.324 e. The van der Waals surface area contributed by atoms with E-state index >= 15 is 0 Å². The lowest BCUT2D eigenvalue weighted by molar-refractivity contribution is 0.327. The molecule has 106 valence electrons. The van der Waals surface area contributed by atoms with Crippen molar-refractivity contribution < 1.29 is 0 Å². The van der Waals surface area contributed by atoms with Gasteiger partial charge in [0.2, 0.25) is 0 Å². The fourth-order valence-electron chi connectivity index (χ4n) is 3.16. The number of hydrogen-bond acceptors (Lipinski definition) is 1. The molecule has 0 spiro atoms. The van der Waals surface area contributed by atoms with Gasteiger partial charge in [-0.25, -0.2) is 0 Å². The molecule has 1 unspecified atom stereocenters. The first kappa shape index (κ1) is 14.9. The highest BCUT2D eigenvalue weighted by Crippen LogP contribution is 2.35. The summed E-state index contributed by atoms with van der Waals surface area (Å²) in [4.78, 5) is 0. The van der Waals surface area contributed by atoms with Gasteiger partial charge in [0.15, 0.2) is 0 Å². The second-order valence-corrected chi connectivity index (χ2v) is 6.50. The van der Waals surface area contributed by atoms with Gasteiger partial charge < -0.3 is 5.73 Å². The van der Waals surface area contributed by atoms with Crippen LogP contribution in [0.4, 0.5) is 0 Å². The largest absolute Gasteiger partial charge is 0.324 e. The topological polar surface area (TPSA) is 26.0 Å². The highest BCUT2D eigenvalue weighted by molar-refractivity contribution is 6.31. The second-order valence-electron chi connectivity index (χ2n) is 6.09. The molecule has 1 aliphatic carbocycles. The summed E-state index contributed by atoms with van der Waals surface area (Å²) in [5.41, 5.74) is 10.2. The Morgan fingerprint density at radius 1 is 1.00 bits per heavy atom. The Bertz CT molecular complexity index is 420. The van der Waals surface area contributed by atoms with E-state index in [1.165, 1.54) is 56.1 Å². The van der Waals surface area contributed by atoms with Crippen LogP contribution in [0.15, 0.2) is 12.1 Å². The molecule has 1 fully saturated rings. The van der Waals surface area contributed by atoms with Crippen LogP contribution >= 0.6 is 11.6 Å². The third-order valence-electron chi connectivity index (χ3n) is 4.63. The molecule has 1 atom stereocenters. The standard InChI is InChI=1S/C17H26ClN/c1-12-10-15(16(18)11-13(12)2)17(19)14-8-6-4-3-5-7-9-14/h10-11,14,17H,3-9,19H2,1-2H3. The maximum Gasteiger partial charge on any atom is 0.0456 e. The average Bonchev–Trinajstić information content (AvgIpc) is 2.32. The molecule has 1 aromatic carbocycles. The summed E-state index contributed by atoms with van der Waals surface area (Å²) >= 11 is 6.41. The summed E-state index contributed by atoms with van der Waals surface area (Å²) in [6.45, 7) is 4.24. The van der Waals surface area contributed by atoms with Crippen molar-refractivity contribution in [3.8, 4) is 0 Å². The molecule has 19 heavy (non-hydrogen) atoms. The molecule has 1 aliphatic rings. The van der Waals surface area contributed by atoms with Crippen LogP contribution in [0.1, 0.15) is 67.7 Å². The van der Waals surface area contributed by atoms with Crippen LogP contribution in [-0.4, -0.2) is 0 Å². The van der Waals surface area contributed by atoms with Gasteiger partial charge in [-0.2, -0.15) is 0 Å². The van der Waals surface area contributed by atoms with Crippen LogP contribution in [0.5, 0.6) is 0 Å². The van der Waals surface area contributed by atoms with E-state index in [4.69, 9.17) is 17.3 Å². The zero-order chi connectivity index (χ0) is 13.8. The molecule has 2 heteroatoms. The van der Waals surface area contributed by atoms with E-state index in [0.29, 0.717) is 5.92 Å². The average molecular weight is 280 g/mol. The predicted octanol–water partition coefficient (Wildman–Crippen LogP) is 5.32. The zero-order valence-corrected chi connectivity index (χ0v) is 13.0. The lowest BCUT2D eigenvalue weighted by Gasteiger charge is -2.27. The molecule has 0 radical (unpaired) electrons. The lowest BCUT2D eigenvalue weighted by atomic mass is 9.83. The molecule has 1 nitrogen and oxygen atoms in total. The van der Waals surface area contributed by atoms with Gasteiger partial charge in [-0.15, -0.1) is 0 Å². The van der Waals surface area contributed by atoms with Crippen LogP contribution in [0.2, 0.25) is 5.02 Å². The van der Waals surface area contributed by atoms with Crippen molar-refractivity contribution in [3.63, 3.8) is 0 Å². The minimum atomic E-state index is 0.102. The molecule has 0 saturated heterocycles. The second kappa shape index (κ2) is 6.76. The molecule has 1 aromatic rings. The van der Waals surface area contributed by atoms with E-state index < -0.39 is 0 Å². The van der Waals surface area contributed by atoms with Crippen LogP contribution in [-0.2, 0) is 0 Å². The molecule has 2 N–H and O–H groups in total. The summed E-state index contributed by atoms with van der Waals surface area (Å²) < 4.78 is 0. The van der Waals surface area contributed by atoms with E-state index in [1.807, 2.05) is 0 Å². The maximum atomic E-state index is 6.53. The summed E-state index contributed by atoms with van der Waals surface area (Å²) in [5, 5.41) is 0.845. The number of rotatable bonds is 2. The Balaban J connectivity index is 2.17. The maximum absolute atomic E-state index is 6.53. The van der Waals surface area contributed by atoms with E-state index in [1.54, 1.807) is 0 Å². The van der Waals surface area contributed by atoms with Crippen molar-refractivity contribution in [1.29, 1.82) is 0 Å². The Morgan fingerprint density at radius 2 is 1.53 bits per heavy atom. The predicted molar refractivity (Wildman–Crippen MR) is 83.7 cm³/mol. The number of halogens is 1. The Kier molecular flexibility index (Phi) is 5.29. The minimum absolute atomic E-state index is 0.102. The van der Waals surface area contributed by atoms with Gasteiger partial charge in [0.1, 0.15) is 0 Å². The lowest BCUT2D eigenvalue weighted by Crippen LogP contribution is -2.23. The van der Waals surface area contributed by atoms with Crippen molar-refractivity contribution in [1.82, 2.24) is 0 Å². The Morgan fingerprint density at radius 3 is 2.16 bits per heavy atom. The first-order chi connectivity index (χ1) is 9.09. The van der Waals surface area contributed by atoms with Gasteiger partial charge in [-0.1, -0.05) is 49.8 Å². The van der Waals surface area contributed by atoms with Crippen molar-refractivity contribution in [2.24, 2.45) is 11.7 Å². The van der Waals surface area contributed by atoms with Crippen molar-refractivity contribution in [3.05, 3.63) is 33.8 Å². The fraction of sp³-hybridized carbons (Fsp3) is 0.647. The zero-order valence-electron chi connectivity index (χ0n) is 12.2. The van der Waals surface area contributed by atoms with Gasteiger partial charge in [0.05, 0.1) is 0 Å². The molecule has 0 aromatic heterocycles. The number of aryl methyl sites for hydroxylation is 2. The smallest absolute Gasteiger partial charge is 0.0456 e. The third-order valence-corrected chi connectivity index (χ3v) is 4.96. The molecular weight excluding hydrogens is 254 g/mol. The van der Waals surface area contributed by atoms with Crippen molar-refractivity contribution in [2.45, 2.75) is 64.8 Å². The monoisotopic (exact) mass is 279 g/mol. The van der Waals surface area contributed by atoms with Crippen LogP contribution < -0.4 is 5.73 Å². The summed E-state index contributed by atoms with van der Waals surface area (Å²) in [6.07, 6.45) is 9.27. The number of benzene rings is 1. The highest BCUT2D eigenvalue weighted by atomic mass is 35.5. The Hall–Kier alpha value is -0.530. The third kappa shape index (κ3) is 3.73. The first-order valence-corrected chi connectivity index (χ1v) is 7.99. The normalized spacial score (nSPS) is 19.8. The molecule has 0 amide bonds. The van der Waals surface area contributed by atoms with Crippen LogP contribution in [0.3, 0.4) is 0 Å². The molecule has 0 bridgehead atoms. The van der Waals surface area contributed by atoms with Crippen LogP contribution in [0, 0.1) is 19.8 Å². The van der Waals surface area contributed by atoms with Crippen LogP contribution in [0.25, 0.3) is 0 Å². The van der Waals surface area contributed by atoms with Gasteiger partial charge in [0.25, 0.3) is 0 Å². The molecule has 2 rings (SSSR count). The first-order valence-electron chi connectivity index (χ1n) is 7.62. The van der Waals surface area contributed by atoms with Gasteiger partial charge in [0, 0.05) is 11.1 Å². The highest BCUT2D eigenvalue weighted by Gasteiger charge is 2.22. The quantitative estimate of drug-likeness (QED) is 0.779. The van der Waals surface area contributed by atoms with E-state index in [-0.39, 0.29) is 6.04 Å². The summed E-state index contributed by atoms with van der Waals surface area (Å²) in [5.74, 6) is 0.597. The van der Waals surface area contributed by atoms with E-state index in [0.717, 1.165) is 10.6 Å². The molecule has 1 saturated carbocycles. The van der Waals surface area contributed by atoms with Crippen molar-refractivity contribution >= 4 is 11.6 Å². The van der Waals surface area contributed by atoms with E-state index in [2.05, 4.69) is 26.0 Å². The summed E-state index contributed by atoms with van der Waals surface area (Å²) in [7, 11) is 0. The van der Waals surface area contributed by atoms with Gasteiger partial charge in [-0.05, 0) is 55.4 Å². The SMILES string of the molecule is Cc1cc(Cl)c(C(N)C2CCCCCCC2)cc1C. The molecule has 0 aliphatic heterocycles. The summed E-state index contributed by atoms with van der Waals surface area (Å²) in [6, 6.07) is 4.36.